The lowest BCUT2D eigenvalue weighted by atomic mass is 10.1. The van der Waals surface area contributed by atoms with Crippen LogP contribution in [0.1, 0.15) is 34.6 Å². The normalized spacial score (nSPS) is 11.0. The van der Waals surface area contributed by atoms with Crippen molar-refractivity contribution < 1.29 is 27.5 Å². The predicted octanol–water partition coefficient (Wildman–Crippen LogP) is 2.42. The van der Waals surface area contributed by atoms with Gasteiger partial charge < -0.3 is 14.8 Å². The van der Waals surface area contributed by atoms with Crippen LogP contribution < -0.4 is 14.8 Å². The Morgan fingerprint density at radius 2 is 1.79 bits per heavy atom. The molecule has 0 radical (unpaired) electrons. The number of benzene rings is 2. The summed E-state index contributed by atoms with van der Waals surface area (Å²) in [5.74, 6) is -1.03. The maximum atomic E-state index is 12.7. The first-order valence-corrected chi connectivity index (χ1v) is 10.1. The van der Waals surface area contributed by atoms with Crippen molar-refractivity contribution in [1.82, 2.24) is 4.72 Å². The van der Waals surface area contributed by atoms with Gasteiger partial charge in [0.2, 0.25) is 10.0 Å². The van der Waals surface area contributed by atoms with Gasteiger partial charge in [-0.05, 0) is 37.3 Å². The molecule has 2 rings (SSSR count). The number of rotatable bonds is 8. The van der Waals surface area contributed by atoms with E-state index in [1.165, 1.54) is 31.4 Å². The molecule has 1 amide bonds. The Morgan fingerprint density at radius 3 is 2.43 bits per heavy atom. The molecule has 9 heteroatoms. The van der Waals surface area contributed by atoms with Crippen LogP contribution in [-0.4, -0.2) is 40.6 Å². The number of para-hydroxylation sites is 1. The molecule has 0 unspecified atom stereocenters. The molecule has 8 nitrogen and oxygen atoms in total. The van der Waals surface area contributed by atoms with E-state index in [4.69, 9.17) is 9.47 Å². The van der Waals surface area contributed by atoms with Crippen molar-refractivity contribution in [2.45, 2.75) is 18.7 Å². The van der Waals surface area contributed by atoms with Crippen LogP contribution >= 0.6 is 0 Å². The highest BCUT2D eigenvalue weighted by molar-refractivity contribution is 7.89. The minimum atomic E-state index is -3.85. The van der Waals surface area contributed by atoms with Crippen LogP contribution in [0.5, 0.6) is 5.75 Å². The number of hydrogen-bond acceptors (Lipinski definition) is 6. The number of anilines is 1. The molecular weight excluding hydrogens is 384 g/mol. The molecule has 0 bridgehead atoms. The van der Waals surface area contributed by atoms with Gasteiger partial charge in [-0.15, -0.1) is 0 Å². The molecular formula is C19H22N2O6S. The second-order valence-corrected chi connectivity index (χ2v) is 7.32. The number of esters is 1. The maximum Gasteiger partial charge on any atom is 0.339 e. The van der Waals surface area contributed by atoms with Crippen LogP contribution in [-0.2, 0) is 14.8 Å². The Labute approximate surface area is 163 Å². The summed E-state index contributed by atoms with van der Waals surface area (Å²) in [6.07, 6.45) is 0. The van der Waals surface area contributed by atoms with Crippen molar-refractivity contribution in [3.63, 3.8) is 0 Å². The lowest BCUT2D eigenvalue weighted by Crippen LogP contribution is -2.24. The molecule has 0 atom stereocenters. The van der Waals surface area contributed by atoms with E-state index in [0.717, 1.165) is 0 Å². The molecule has 0 aliphatic heterocycles. The number of methoxy groups -OCH3 is 1. The first kappa shape index (κ1) is 21.4. The van der Waals surface area contributed by atoms with Crippen molar-refractivity contribution in [3.8, 4) is 5.75 Å². The van der Waals surface area contributed by atoms with Crippen molar-refractivity contribution >= 4 is 27.6 Å². The number of hydrogen-bond donors (Lipinski definition) is 2. The first-order valence-electron chi connectivity index (χ1n) is 8.59. The van der Waals surface area contributed by atoms with Gasteiger partial charge in [-0.3, -0.25) is 4.79 Å². The van der Waals surface area contributed by atoms with Crippen molar-refractivity contribution in [3.05, 3.63) is 53.6 Å². The zero-order chi connectivity index (χ0) is 20.7. The molecule has 150 valence electrons. The predicted molar refractivity (Wildman–Crippen MR) is 104 cm³/mol. The van der Waals surface area contributed by atoms with Gasteiger partial charge in [-0.2, -0.15) is 0 Å². The van der Waals surface area contributed by atoms with Gasteiger partial charge in [-0.25, -0.2) is 17.9 Å². The topological polar surface area (TPSA) is 111 Å². The lowest BCUT2D eigenvalue weighted by Gasteiger charge is -2.14. The highest BCUT2D eigenvalue weighted by atomic mass is 32.2. The minimum absolute atomic E-state index is 0.0969. The van der Waals surface area contributed by atoms with Gasteiger partial charge in [-0.1, -0.05) is 19.1 Å². The third-order valence-corrected chi connectivity index (χ3v) is 5.28. The summed E-state index contributed by atoms with van der Waals surface area (Å²) in [6, 6.07) is 10.5. The Hall–Kier alpha value is -2.91. The minimum Gasteiger partial charge on any atom is -0.492 e. The van der Waals surface area contributed by atoms with Crippen molar-refractivity contribution in [2.24, 2.45) is 0 Å². The summed E-state index contributed by atoms with van der Waals surface area (Å²) in [7, 11) is -2.61. The molecule has 0 aromatic heterocycles. The average Bonchev–Trinajstić information content (AvgIpc) is 2.68. The van der Waals surface area contributed by atoms with Gasteiger partial charge in [0.15, 0.2) is 0 Å². The van der Waals surface area contributed by atoms with Crippen LogP contribution in [0, 0.1) is 0 Å². The van der Waals surface area contributed by atoms with Gasteiger partial charge in [0.1, 0.15) is 10.6 Å². The van der Waals surface area contributed by atoms with Crippen LogP contribution in [0.4, 0.5) is 5.69 Å². The second kappa shape index (κ2) is 9.34. The number of nitrogens with one attached hydrogen (secondary N) is 2. The Kier molecular flexibility index (Phi) is 7.13. The van der Waals surface area contributed by atoms with Gasteiger partial charge >= 0.3 is 5.97 Å². The molecule has 0 aliphatic carbocycles. The van der Waals surface area contributed by atoms with E-state index < -0.39 is 21.9 Å². The zero-order valence-corrected chi connectivity index (χ0v) is 16.6. The molecule has 0 saturated heterocycles. The second-order valence-electron chi connectivity index (χ2n) is 5.59. The SMILES string of the molecule is CCNS(=O)(=O)c1cc(C(=O)Nc2ccccc2C(=O)OC)ccc1OCC. The monoisotopic (exact) mass is 406 g/mol. The summed E-state index contributed by atoms with van der Waals surface area (Å²) in [6.45, 7) is 3.84. The Bertz CT molecular complexity index is 972. The fraction of sp³-hybridized carbons (Fsp3) is 0.263. The zero-order valence-electron chi connectivity index (χ0n) is 15.8. The third-order valence-electron chi connectivity index (χ3n) is 3.71. The van der Waals surface area contributed by atoms with E-state index in [0.29, 0.717) is 0 Å². The van der Waals surface area contributed by atoms with Gasteiger partial charge in [0, 0.05) is 12.1 Å². The lowest BCUT2D eigenvalue weighted by molar-refractivity contribution is 0.0602. The number of amides is 1. The van der Waals surface area contributed by atoms with Gasteiger partial charge in [0.25, 0.3) is 5.91 Å². The van der Waals surface area contributed by atoms with E-state index in [2.05, 4.69) is 10.0 Å². The van der Waals surface area contributed by atoms with Crippen LogP contribution in [0.15, 0.2) is 47.4 Å². The highest BCUT2D eigenvalue weighted by Crippen LogP contribution is 2.26. The first-order chi connectivity index (χ1) is 13.3. The summed E-state index contributed by atoms with van der Waals surface area (Å²) >= 11 is 0. The molecule has 0 aliphatic rings. The van der Waals surface area contributed by atoms with E-state index in [1.54, 1.807) is 32.0 Å². The van der Waals surface area contributed by atoms with Crippen LogP contribution in [0.25, 0.3) is 0 Å². The Balaban J connectivity index is 2.41. The fourth-order valence-corrected chi connectivity index (χ4v) is 3.69. The number of carbonyl (C=O) groups excluding carboxylic acids is 2. The average molecular weight is 406 g/mol. The van der Waals surface area contributed by atoms with E-state index in [1.807, 2.05) is 0 Å². The molecule has 0 saturated carbocycles. The van der Waals surface area contributed by atoms with Crippen molar-refractivity contribution in [2.75, 3.05) is 25.6 Å². The molecule has 0 fully saturated rings. The number of carbonyl (C=O) groups is 2. The third kappa shape index (κ3) is 4.87. The quantitative estimate of drug-likeness (QED) is 0.652. The van der Waals surface area contributed by atoms with E-state index in [-0.39, 0.29) is 40.6 Å². The summed E-state index contributed by atoms with van der Waals surface area (Å²) in [4.78, 5) is 24.4. The number of sulfonamides is 1. The van der Waals surface area contributed by atoms with E-state index >= 15 is 0 Å². The molecule has 0 spiro atoms. The van der Waals surface area contributed by atoms with Gasteiger partial charge in [0.05, 0.1) is 25.0 Å². The standard InChI is InChI=1S/C19H22N2O6S/c1-4-20-28(24,25)17-12-13(10-11-16(17)27-5-2)18(22)21-15-9-7-6-8-14(15)19(23)26-3/h6-12,20H,4-5H2,1-3H3,(H,21,22). The van der Waals surface area contributed by atoms with Crippen LogP contribution in [0.2, 0.25) is 0 Å². The summed E-state index contributed by atoms with van der Waals surface area (Å²) < 4.78 is 37.4. The molecule has 2 N–H and O–H groups in total. The Morgan fingerprint density at radius 1 is 1.07 bits per heavy atom. The summed E-state index contributed by atoms with van der Waals surface area (Å²) in [5.41, 5.74) is 0.536. The summed E-state index contributed by atoms with van der Waals surface area (Å²) in [5, 5.41) is 2.61. The molecule has 2 aromatic rings. The van der Waals surface area contributed by atoms with E-state index in [9.17, 15) is 18.0 Å². The fourth-order valence-electron chi connectivity index (χ4n) is 2.48. The molecule has 28 heavy (non-hydrogen) atoms. The van der Waals surface area contributed by atoms with Crippen LogP contribution in [0.3, 0.4) is 0 Å². The maximum absolute atomic E-state index is 12.7. The highest BCUT2D eigenvalue weighted by Gasteiger charge is 2.22. The molecule has 2 aromatic carbocycles. The smallest absolute Gasteiger partial charge is 0.339 e. The van der Waals surface area contributed by atoms with Crippen molar-refractivity contribution in [1.29, 1.82) is 0 Å². The number of ether oxygens (including phenoxy) is 2. The molecule has 0 heterocycles. The largest absolute Gasteiger partial charge is 0.492 e.